The molecule has 2 aromatic rings. The summed E-state index contributed by atoms with van der Waals surface area (Å²) in [7, 11) is 1.70. The van der Waals surface area contributed by atoms with Crippen molar-refractivity contribution in [2.45, 2.75) is 88.5 Å². The minimum absolute atomic E-state index is 0.000210. The molecule has 3 aliphatic rings. The SMILES string of the molecule is COCCCN1CCOc2ccc(COC3CN(C(=O)OCCCCCO[N+](=O)[O-])CC(O)C3OC3CCC(Oc4ccc(Cl)cc4)CC3)cc21. The minimum Gasteiger partial charge on any atom is -0.490 e. The number of ether oxygens (including phenoxy) is 6. The Balaban J connectivity index is 1.19. The summed E-state index contributed by atoms with van der Waals surface area (Å²) in [5.41, 5.74) is 1.94. The van der Waals surface area contributed by atoms with Gasteiger partial charge in [-0.15, -0.1) is 10.1 Å². The fourth-order valence-electron chi connectivity index (χ4n) is 6.68. The van der Waals surface area contributed by atoms with Crippen LogP contribution in [0.1, 0.15) is 56.9 Å². The molecule has 2 aliphatic heterocycles. The molecule has 2 aromatic carbocycles. The van der Waals surface area contributed by atoms with Crippen molar-refractivity contribution < 1.29 is 48.2 Å². The van der Waals surface area contributed by atoms with E-state index in [4.69, 9.17) is 40.0 Å². The van der Waals surface area contributed by atoms with E-state index in [0.29, 0.717) is 37.5 Å². The van der Waals surface area contributed by atoms with Crippen LogP contribution in [0.3, 0.4) is 0 Å². The van der Waals surface area contributed by atoms with Crippen molar-refractivity contribution in [2.75, 3.05) is 64.6 Å². The van der Waals surface area contributed by atoms with Gasteiger partial charge in [-0.25, -0.2) is 4.79 Å². The van der Waals surface area contributed by atoms with Crippen LogP contribution in [0.25, 0.3) is 0 Å². The lowest BCUT2D eigenvalue weighted by atomic mass is 9.93. The summed E-state index contributed by atoms with van der Waals surface area (Å²) in [6, 6.07) is 13.3. The first-order valence-corrected chi connectivity index (χ1v) is 18.2. The molecule has 1 saturated heterocycles. The lowest BCUT2D eigenvalue weighted by molar-refractivity contribution is -0.757. The van der Waals surface area contributed by atoms with E-state index < -0.39 is 29.5 Å². The second-order valence-electron chi connectivity index (χ2n) is 13.1. The largest absolute Gasteiger partial charge is 0.490 e. The first-order chi connectivity index (χ1) is 24.8. The molecule has 1 saturated carbocycles. The lowest BCUT2D eigenvalue weighted by Crippen LogP contribution is -2.59. The molecule has 282 valence electrons. The van der Waals surface area contributed by atoms with Crippen LogP contribution in [0.15, 0.2) is 42.5 Å². The minimum atomic E-state index is -0.994. The van der Waals surface area contributed by atoms with E-state index in [2.05, 4.69) is 15.8 Å². The van der Waals surface area contributed by atoms with Crippen LogP contribution >= 0.6 is 11.6 Å². The summed E-state index contributed by atoms with van der Waals surface area (Å²) in [5, 5.41) is 21.5. The molecule has 15 heteroatoms. The van der Waals surface area contributed by atoms with Gasteiger partial charge in [0.2, 0.25) is 0 Å². The van der Waals surface area contributed by atoms with Crippen molar-refractivity contribution in [3.8, 4) is 11.5 Å². The molecule has 1 N–H and O–H groups in total. The Labute approximate surface area is 303 Å². The Bertz CT molecular complexity index is 1380. The average molecular weight is 736 g/mol. The molecule has 1 aliphatic carbocycles. The number of likely N-dealkylation sites (tertiary alicyclic amines) is 1. The third-order valence-corrected chi connectivity index (χ3v) is 9.59. The Morgan fingerprint density at radius 1 is 1.00 bits per heavy atom. The van der Waals surface area contributed by atoms with E-state index in [0.717, 1.165) is 67.9 Å². The molecule has 2 fully saturated rings. The molecule has 0 aromatic heterocycles. The van der Waals surface area contributed by atoms with Crippen LogP contribution < -0.4 is 14.4 Å². The number of rotatable bonds is 18. The molecule has 3 unspecified atom stereocenters. The van der Waals surface area contributed by atoms with Crippen molar-refractivity contribution in [1.82, 2.24) is 4.90 Å². The Morgan fingerprint density at radius 2 is 1.76 bits per heavy atom. The number of amides is 1. The van der Waals surface area contributed by atoms with Crippen LogP contribution in [0.4, 0.5) is 10.5 Å². The molecule has 51 heavy (non-hydrogen) atoms. The first-order valence-electron chi connectivity index (χ1n) is 17.8. The lowest BCUT2D eigenvalue weighted by Gasteiger charge is -2.43. The van der Waals surface area contributed by atoms with Gasteiger partial charge in [0, 0.05) is 25.3 Å². The number of hydrogen-bond donors (Lipinski definition) is 1. The third-order valence-electron chi connectivity index (χ3n) is 9.33. The predicted molar refractivity (Wildman–Crippen MR) is 188 cm³/mol. The molecule has 14 nitrogen and oxygen atoms in total. The number of carbonyl (C=O) groups is 1. The fraction of sp³-hybridized carbons (Fsp3) is 0.639. The van der Waals surface area contributed by atoms with Gasteiger partial charge in [0.1, 0.15) is 36.4 Å². The summed E-state index contributed by atoms with van der Waals surface area (Å²) in [6.07, 6.45) is 2.78. The maximum absolute atomic E-state index is 13.1. The molecule has 5 rings (SSSR count). The number of β-amino-alcohol motifs (C(OH)–C–C–N with tert-alkyl or cyclic N) is 1. The highest BCUT2D eigenvalue weighted by atomic mass is 35.5. The summed E-state index contributed by atoms with van der Waals surface area (Å²) < 4.78 is 35.9. The number of hydrogen-bond acceptors (Lipinski definition) is 12. The molecule has 2 heterocycles. The van der Waals surface area contributed by atoms with Gasteiger partial charge in [-0.3, -0.25) is 0 Å². The quantitative estimate of drug-likeness (QED) is 0.118. The van der Waals surface area contributed by atoms with Crippen molar-refractivity contribution in [2.24, 2.45) is 0 Å². The molecule has 0 bridgehead atoms. The fourth-order valence-corrected chi connectivity index (χ4v) is 6.80. The number of anilines is 1. The number of fused-ring (bicyclic) bond motifs is 1. The number of nitrogens with zero attached hydrogens (tertiary/aromatic N) is 3. The van der Waals surface area contributed by atoms with Crippen molar-refractivity contribution >= 4 is 23.4 Å². The zero-order chi connectivity index (χ0) is 36.0. The van der Waals surface area contributed by atoms with Gasteiger partial charge >= 0.3 is 6.09 Å². The maximum Gasteiger partial charge on any atom is 0.409 e. The zero-order valence-electron chi connectivity index (χ0n) is 29.2. The highest BCUT2D eigenvalue weighted by molar-refractivity contribution is 6.30. The maximum atomic E-state index is 13.1. The molecular formula is C36H50ClN3O11. The number of halogens is 1. The average Bonchev–Trinajstić information content (AvgIpc) is 3.13. The van der Waals surface area contributed by atoms with Crippen LogP contribution in [-0.2, 0) is 30.4 Å². The van der Waals surface area contributed by atoms with E-state index in [9.17, 15) is 20.0 Å². The van der Waals surface area contributed by atoms with Crippen molar-refractivity contribution in [3.63, 3.8) is 0 Å². The van der Waals surface area contributed by atoms with E-state index in [1.165, 1.54) is 4.90 Å². The molecule has 0 spiro atoms. The summed E-state index contributed by atoms with van der Waals surface area (Å²) in [6.45, 7) is 3.53. The van der Waals surface area contributed by atoms with Gasteiger partial charge in [-0.1, -0.05) is 17.7 Å². The third kappa shape index (κ3) is 12.0. The number of carbonyl (C=O) groups excluding carboxylic acids is 1. The molecule has 3 atom stereocenters. The van der Waals surface area contributed by atoms with Gasteiger partial charge < -0.3 is 48.2 Å². The van der Waals surface area contributed by atoms with Crippen molar-refractivity contribution in [3.05, 3.63) is 63.2 Å². The van der Waals surface area contributed by atoms with E-state index in [1.54, 1.807) is 7.11 Å². The number of methoxy groups -OCH3 is 1. The number of aliphatic hydroxyl groups is 1. The zero-order valence-corrected chi connectivity index (χ0v) is 30.0. The summed E-state index contributed by atoms with van der Waals surface area (Å²) >= 11 is 6.02. The Morgan fingerprint density at radius 3 is 2.53 bits per heavy atom. The smallest absolute Gasteiger partial charge is 0.409 e. The number of benzene rings is 2. The topological polar surface area (TPSA) is 152 Å². The normalized spacial score (nSPS) is 23.2. The van der Waals surface area contributed by atoms with Crippen LogP contribution in [0, 0.1) is 10.1 Å². The Kier molecular flexibility index (Phi) is 15.1. The van der Waals surface area contributed by atoms with Crippen LogP contribution in [-0.4, -0.2) is 111 Å². The number of unbranched alkanes of at least 4 members (excludes halogenated alkanes) is 2. The monoisotopic (exact) mass is 735 g/mol. The summed E-state index contributed by atoms with van der Waals surface area (Å²) in [4.78, 5) is 31.5. The van der Waals surface area contributed by atoms with E-state index in [1.807, 2.05) is 36.4 Å². The van der Waals surface area contributed by atoms with Crippen LogP contribution in [0.2, 0.25) is 5.02 Å². The van der Waals surface area contributed by atoms with Gasteiger partial charge in [0.05, 0.1) is 57.4 Å². The standard InChI is InChI=1S/C36H50ClN3O11/c1-45-18-5-16-38-17-21-46-33-15-6-26(22-31(33)38)25-48-34-24-39(36(42)47-19-3-2-4-20-49-40(43)44)23-32(41)35(34)51-30-13-11-29(12-14-30)50-28-9-7-27(37)8-10-28/h6-10,15,22,29-30,32,34-35,41H,2-5,11-14,16-21,23-25H2,1H3. The number of aliphatic hydroxyl groups excluding tert-OH is 1. The van der Waals surface area contributed by atoms with Gasteiger partial charge in [-0.2, -0.15) is 0 Å². The van der Waals surface area contributed by atoms with Gasteiger partial charge in [-0.05, 0) is 93.3 Å². The van der Waals surface area contributed by atoms with E-state index in [-0.39, 0.29) is 45.1 Å². The molecule has 0 radical (unpaired) electrons. The second kappa shape index (κ2) is 19.9. The predicted octanol–water partition coefficient (Wildman–Crippen LogP) is 5.43. The highest BCUT2D eigenvalue weighted by Gasteiger charge is 2.42. The van der Waals surface area contributed by atoms with E-state index >= 15 is 0 Å². The van der Waals surface area contributed by atoms with Gasteiger partial charge in [0.15, 0.2) is 0 Å². The molecule has 1 amide bonds. The Hall–Kier alpha value is -3.56. The summed E-state index contributed by atoms with van der Waals surface area (Å²) in [5.74, 6) is 1.61. The van der Waals surface area contributed by atoms with Crippen LogP contribution in [0.5, 0.6) is 11.5 Å². The van der Waals surface area contributed by atoms with Gasteiger partial charge in [0.25, 0.3) is 5.09 Å². The highest BCUT2D eigenvalue weighted by Crippen LogP contribution is 2.34. The number of piperidine rings is 1. The van der Waals surface area contributed by atoms with Crippen molar-refractivity contribution in [1.29, 1.82) is 0 Å². The second-order valence-corrected chi connectivity index (χ2v) is 13.5. The first kappa shape index (κ1) is 38.7. The molecular weight excluding hydrogens is 686 g/mol.